The van der Waals surface area contributed by atoms with Gasteiger partial charge in [-0.1, -0.05) is 0 Å². The van der Waals surface area contributed by atoms with Gasteiger partial charge in [0.25, 0.3) is 0 Å². The van der Waals surface area contributed by atoms with Crippen LogP contribution in [0, 0.1) is 0 Å². The zero-order chi connectivity index (χ0) is 23.3. The van der Waals surface area contributed by atoms with Crippen LogP contribution in [-0.2, 0) is 28.8 Å². The molecule has 0 saturated heterocycles. The number of rotatable bonds is 15. The number of carboxylic acid groups (broad SMARTS) is 3. The summed E-state index contributed by atoms with van der Waals surface area (Å²) in [5.74, 6) is -6.27. The van der Waals surface area contributed by atoms with Crippen LogP contribution in [0.4, 0.5) is 0 Å². The van der Waals surface area contributed by atoms with Gasteiger partial charge in [-0.2, -0.15) is 11.8 Å². The third-order valence-electron chi connectivity index (χ3n) is 3.68. The average molecular weight is 450 g/mol. The maximum atomic E-state index is 12.5. The first-order valence-corrected chi connectivity index (χ1v) is 10.2. The van der Waals surface area contributed by atoms with Crippen LogP contribution >= 0.6 is 11.8 Å². The molecular weight excluding hydrogens is 424 g/mol. The summed E-state index contributed by atoms with van der Waals surface area (Å²) in [4.78, 5) is 69.0. The van der Waals surface area contributed by atoms with Gasteiger partial charge in [-0.3, -0.25) is 28.8 Å². The summed E-state index contributed by atoms with van der Waals surface area (Å²) in [6, 6.07) is -3.98. The SMILES string of the molecule is CSCCC(N)C(=O)NC(CCC(=O)O)C(=O)NC(CC(=O)O)C(=O)NCC(=O)O. The predicted octanol–water partition coefficient (Wildman–Crippen LogP) is -2.42. The highest BCUT2D eigenvalue weighted by Gasteiger charge is 2.29. The van der Waals surface area contributed by atoms with E-state index in [9.17, 15) is 28.8 Å². The summed E-state index contributed by atoms with van der Waals surface area (Å²) in [6.45, 7) is -0.797. The molecule has 3 amide bonds. The lowest BCUT2D eigenvalue weighted by molar-refractivity contribution is -0.141. The minimum Gasteiger partial charge on any atom is -0.481 e. The van der Waals surface area contributed by atoms with Crippen molar-refractivity contribution in [3.8, 4) is 0 Å². The number of carboxylic acids is 3. The van der Waals surface area contributed by atoms with Crippen LogP contribution in [0.1, 0.15) is 25.7 Å². The summed E-state index contributed by atoms with van der Waals surface area (Å²) in [6.07, 6.45) is 0.432. The first-order chi connectivity index (χ1) is 14.0. The van der Waals surface area contributed by atoms with E-state index >= 15 is 0 Å². The highest BCUT2D eigenvalue weighted by atomic mass is 32.2. The third kappa shape index (κ3) is 11.9. The molecular formula is C16H26N4O9S. The van der Waals surface area contributed by atoms with Crippen molar-refractivity contribution in [1.82, 2.24) is 16.0 Å². The van der Waals surface area contributed by atoms with Crippen molar-refractivity contribution in [1.29, 1.82) is 0 Å². The fourth-order valence-electron chi connectivity index (χ4n) is 2.13. The molecule has 8 N–H and O–H groups in total. The van der Waals surface area contributed by atoms with Crippen LogP contribution < -0.4 is 21.7 Å². The second-order valence-corrected chi connectivity index (χ2v) is 7.14. The number of hydrogen-bond acceptors (Lipinski definition) is 8. The van der Waals surface area contributed by atoms with Gasteiger partial charge in [0.15, 0.2) is 0 Å². The molecule has 30 heavy (non-hydrogen) atoms. The zero-order valence-electron chi connectivity index (χ0n) is 16.3. The van der Waals surface area contributed by atoms with E-state index in [1.54, 1.807) is 0 Å². The Morgan fingerprint density at radius 2 is 1.43 bits per heavy atom. The van der Waals surface area contributed by atoms with E-state index < -0.39 is 73.1 Å². The Hall–Kier alpha value is -2.87. The Morgan fingerprint density at radius 3 is 1.93 bits per heavy atom. The highest BCUT2D eigenvalue weighted by molar-refractivity contribution is 7.98. The van der Waals surface area contributed by atoms with Crippen molar-refractivity contribution in [3.05, 3.63) is 0 Å². The van der Waals surface area contributed by atoms with E-state index in [2.05, 4.69) is 10.6 Å². The Labute approximate surface area is 176 Å². The lowest BCUT2D eigenvalue weighted by atomic mass is 10.1. The maximum absolute atomic E-state index is 12.5. The molecule has 14 heteroatoms. The monoisotopic (exact) mass is 450 g/mol. The number of nitrogens with two attached hydrogens (primary N) is 1. The summed E-state index contributed by atoms with van der Waals surface area (Å²) < 4.78 is 0. The van der Waals surface area contributed by atoms with Crippen LogP contribution in [0.2, 0.25) is 0 Å². The molecule has 0 radical (unpaired) electrons. The molecule has 0 aliphatic rings. The summed E-state index contributed by atoms with van der Waals surface area (Å²) in [5.41, 5.74) is 5.72. The van der Waals surface area contributed by atoms with E-state index in [4.69, 9.17) is 21.1 Å². The second-order valence-electron chi connectivity index (χ2n) is 6.15. The van der Waals surface area contributed by atoms with E-state index in [0.29, 0.717) is 12.2 Å². The molecule has 0 aromatic carbocycles. The van der Waals surface area contributed by atoms with Crippen molar-refractivity contribution in [2.24, 2.45) is 5.73 Å². The van der Waals surface area contributed by atoms with Gasteiger partial charge in [0.1, 0.15) is 18.6 Å². The molecule has 0 heterocycles. The van der Waals surface area contributed by atoms with Gasteiger partial charge < -0.3 is 37.0 Å². The molecule has 0 rings (SSSR count). The largest absolute Gasteiger partial charge is 0.481 e. The minimum absolute atomic E-state index is 0.305. The van der Waals surface area contributed by atoms with E-state index in [0.717, 1.165) is 0 Å². The second kappa shape index (κ2) is 14.2. The van der Waals surface area contributed by atoms with Gasteiger partial charge in [0, 0.05) is 6.42 Å². The number of aliphatic carboxylic acids is 3. The van der Waals surface area contributed by atoms with Crippen molar-refractivity contribution in [2.75, 3.05) is 18.6 Å². The van der Waals surface area contributed by atoms with Gasteiger partial charge in [-0.05, 0) is 24.9 Å². The Kier molecular flexibility index (Phi) is 12.8. The number of carbonyl (C=O) groups is 6. The Morgan fingerprint density at radius 1 is 0.833 bits per heavy atom. The lowest BCUT2D eigenvalue weighted by Crippen LogP contribution is -2.56. The quantitative estimate of drug-likeness (QED) is 0.139. The highest BCUT2D eigenvalue weighted by Crippen LogP contribution is 2.04. The molecule has 0 aromatic heterocycles. The molecule has 13 nitrogen and oxygen atoms in total. The van der Waals surface area contributed by atoms with Crippen LogP contribution in [0.15, 0.2) is 0 Å². The molecule has 0 aromatic rings. The number of nitrogens with one attached hydrogen (secondary N) is 3. The molecule has 0 saturated carbocycles. The first-order valence-electron chi connectivity index (χ1n) is 8.76. The molecule has 0 fully saturated rings. The molecule has 3 unspecified atom stereocenters. The van der Waals surface area contributed by atoms with Gasteiger partial charge in [0.05, 0.1) is 12.5 Å². The van der Waals surface area contributed by atoms with Crippen molar-refractivity contribution in [3.63, 3.8) is 0 Å². The van der Waals surface area contributed by atoms with Crippen molar-refractivity contribution in [2.45, 2.75) is 43.8 Å². The van der Waals surface area contributed by atoms with Crippen LogP contribution in [0.5, 0.6) is 0 Å². The first kappa shape index (κ1) is 27.1. The predicted molar refractivity (Wildman–Crippen MR) is 105 cm³/mol. The fourth-order valence-corrected chi connectivity index (χ4v) is 2.62. The topological polar surface area (TPSA) is 225 Å². The van der Waals surface area contributed by atoms with Crippen LogP contribution in [0.3, 0.4) is 0 Å². The van der Waals surface area contributed by atoms with Gasteiger partial charge >= 0.3 is 17.9 Å². The number of hydrogen-bond donors (Lipinski definition) is 7. The standard InChI is InChI=1S/C16H26N4O9S/c1-30-5-4-8(17)14(27)19-9(2-3-11(21)22)16(29)20-10(6-12(23)24)15(28)18-7-13(25)26/h8-10H,2-7,17H2,1H3,(H,18,28)(H,19,27)(H,20,29)(H,21,22)(H,23,24)(H,25,26). The molecule has 0 bridgehead atoms. The molecule has 3 atom stereocenters. The number of thioether (sulfide) groups is 1. The van der Waals surface area contributed by atoms with Gasteiger partial charge in [-0.25, -0.2) is 0 Å². The Bertz CT molecular complexity index is 659. The molecule has 0 aliphatic carbocycles. The fraction of sp³-hybridized carbons (Fsp3) is 0.625. The van der Waals surface area contributed by atoms with Gasteiger partial charge in [0.2, 0.25) is 17.7 Å². The van der Waals surface area contributed by atoms with E-state index in [1.807, 2.05) is 11.6 Å². The van der Waals surface area contributed by atoms with Crippen molar-refractivity contribution >= 4 is 47.4 Å². The molecule has 0 aliphatic heterocycles. The van der Waals surface area contributed by atoms with E-state index in [1.165, 1.54) is 11.8 Å². The van der Waals surface area contributed by atoms with Crippen LogP contribution in [-0.4, -0.2) is 87.6 Å². The molecule has 170 valence electrons. The average Bonchev–Trinajstić information content (AvgIpc) is 2.65. The van der Waals surface area contributed by atoms with E-state index in [-0.39, 0.29) is 6.42 Å². The summed E-state index contributed by atoms with van der Waals surface area (Å²) in [7, 11) is 0. The smallest absolute Gasteiger partial charge is 0.322 e. The lowest BCUT2D eigenvalue weighted by Gasteiger charge is -2.23. The zero-order valence-corrected chi connectivity index (χ0v) is 17.1. The number of amides is 3. The van der Waals surface area contributed by atoms with Gasteiger partial charge in [-0.15, -0.1) is 0 Å². The minimum atomic E-state index is -1.64. The maximum Gasteiger partial charge on any atom is 0.322 e. The normalized spacial score (nSPS) is 13.4. The molecule has 0 spiro atoms. The third-order valence-corrected chi connectivity index (χ3v) is 4.32. The van der Waals surface area contributed by atoms with Crippen molar-refractivity contribution < 1.29 is 44.1 Å². The Balaban J connectivity index is 5.28. The van der Waals surface area contributed by atoms with Crippen LogP contribution in [0.25, 0.3) is 0 Å². The summed E-state index contributed by atoms with van der Waals surface area (Å²) in [5, 5.41) is 32.7. The number of carbonyl (C=O) groups excluding carboxylic acids is 3. The summed E-state index contributed by atoms with van der Waals surface area (Å²) >= 11 is 1.45.